The number of ether oxygens (including phenoxy) is 2. The van der Waals surface area contributed by atoms with E-state index in [0.29, 0.717) is 27.9 Å². The number of H-pyrrole nitrogens is 1. The van der Waals surface area contributed by atoms with Crippen LogP contribution in [0.1, 0.15) is 39.2 Å². The third kappa shape index (κ3) is 4.46. The van der Waals surface area contributed by atoms with Crippen LogP contribution in [0.15, 0.2) is 46.9 Å². The number of aromatic amines is 1. The fraction of sp³-hybridized carbons (Fsp3) is 0.346. The topological polar surface area (TPSA) is 88.7 Å². The number of halogens is 1. The highest BCUT2D eigenvalue weighted by Gasteiger charge is 2.44. The number of hydrogen-bond donors (Lipinski definition) is 1. The number of carbonyl (C=O) groups is 3. The molecule has 0 spiro atoms. The van der Waals surface area contributed by atoms with Crippen molar-refractivity contribution in [1.29, 1.82) is 0 Å². The Kier molecular flexibility index (Phi) is 6.79. The molecule has 0 saturated carbocycles. The van der Waals surface area contributed by atoms with Gasteiger partial charge >= 0.3 is 12.1 Å². The molecule has 2 amide bonds. The molecule has 8 heteroatoms. The maximum Gasteiger partial charge on any atom is 0.421 e. The van der Waals surface area contributed by atoms with Crippen molar-refractivity contribution >= 4 is 50.5 Å². The van der Waals surface area contributed by atoms with Crippen LogP contribution < -0.4 is 4.90 Å². The van der Waals surface area contributed by atoms with Gasteiger partial charge in [-0.3, -0.25) is 9.59 Å². The lowest BCUT2D eigenvalue weighted by Crippen LogP contribution is -2.43. The molecule has 7 nitrogen and oxygen atoms in total. The van der Waals surface area contributed by atoms with Crippen molar-refractivity contribution in [3.05, 3.63) is 52.5 Å². The van der Waals surface area contributed by atoms with Gasteiger partial charge in [-0.1, -0.05) is 61.8 Å². The van der Waals surface area contributed by atoms with Crippen LogP contribution in [0.2, 0.25) is 0 Å². The second-order valence-corrected chi connectivity index (χ2v) is 10.1. The number of rotatable bonds is 5. The largest absolute Gasteiger partial charge is 0.465 e. The van der Waals surface area contributed by atoms with Crippen molar-refractivity contribution in [2.75, 3.05) is 18.1 Å². The number of esters is 1. The molecule has 0 radical (unpaired) electrons. The zero-order chi connectivity index (χ0) is 24.6. The third-order valence-electron chi connectivity index (χ3n) is 5.49. The Hall–Kier alpha value is -3.13. The van der Waals surface area contributed by atoms with Crippen LogP contribution in [-0.2, 0) is 19.1 Å². The lowest BCUT2D eigenvalue weighted by molar-refractivity contribution is -0.149. The number of aromatic nitrogens is 1. The van der Waals surface area contributed by atoms with Crippen molar-refractivity contribution < 1.29 is 23.9 Å². The van der Waals surface area contributed by atoms with Gasteiger partial charge in [0.2, 0.25) is 0 Å². The second kappa shape index (κ2) is 9.62. The molecule has 0 aliphatic carbocycles. The molecule has 1 atom stereocenters. The van der Waals surface area contributed by atoms with E-state index in [1.807, 2.05) is 58.0 Å². The summed E-state index contributed by atoms with van der Waals surface area (Å²) in [6.45, 7) is 7.96. The molecule has 1 aromatic heterocycles. The standard InChI is InChI=1S/C26H27BrN2O5/c1-14(2)12-33-25(31)22-21-18-11-16(27)9-10-19(18)28-23(21)17-7-5-6-8-20(17)29(24(22)30)26(32)34-13-15(3)4/h5-11,14-15,22,28H,12-13H2,1-4H3. The summed E-state index contributed by atoms with van der Waals surface area (Å²) in [6.07, 6.45) is -0.816. The van der Waals surface area contributed by atoms with Crippen LogP contribution >= 0.6 is 15.9 Å². The van der Waals surface area contributed by atoms with Crippen LogP contribution in [0.25, 0.3) is 22.2 Å². The van der Waals surface area contributed by atoms with Crippen LogP contribution in [0.5, 0.6) is 0 Å². The van der Waals surface area contributed by atoms with Crippen molar-refractivity contribution in [2.45, 2.75) is 33.6 Å². The molecule has 1 aliphatic rings. The van der Waals surface area contributed by atoms with Crippen molar-refractivity contribution in [3.8, 4) is 11.3 Å². The zero-order valence-electron chi connectivity index (χ0n) is 19.6. The first-order valence-electron chi connectivity index (χ1n) is 11.3. The first-order chi connectivity index (χ1) is 16.2. The summed E-state index contributed by atoms with van der Waals surface area (Å²) in [5.74, 6) is -2.56. The molecule has 0 bridgehead atoms. The number of fused-ring (bicyclic) bond motifs is 5. The molecule has 2 heterocycles. The number of nitrogens with one attached hydrogen (secondary N) is 1. The van der Waals surface area contributed by atoms with E-state index in [4.69, 9.17) is 9.47 Å². The smallest absolute Gasteiger partial charge is 0.421 e. The fourth-order valence-electron chi connectivity index (χ4n) is 3.99. The Balaban J connectivity index is 1.95. The van der Waals surface area contributed by atoms with Gasteiger partial charge in [-0.25, -0.2) is 9.69 Å². The van der Waals surface area contributed by atoms with Gasteiger partial charge in [-0.15, -0.1) is 0 Å². The molecule has 3 aromatic rings. The maximum atomic E-state index is 14.0. The van der Waals surface area contributed by atoms with E-state index in [-0.39, 0.29) is 25.0 Å². The van der Waals surface area contributed by atoms with E-state index in [2.05, 4.69) is 20.9 Å². The Morgan fingerprint density at radius 3 is 2.41 bits per heavy atom. The lowest BCUT2D eigenvalue weighted by atomic mass is 9.93. The Morgan fingerprint density at radius 1 is 1.03 bits per heavy atom. The molecule has 2 aromatic carbocycles. The van der Waals surface area contributed by atoms with Gasteiger partial charge < -0.3 is 14.5 Å². The van der Waals surface area contributed by atoms with Crippen molar-refractivity contribution in [2.24, 2.45) is 11.8 Å². The van der Waals surface area contributed by atoms with E-state index >= 15 is 0 Å². The maximum absolute atomic E-state index is 14.0. The molecule has 1 aliphatic heterocycles. The van der Waals surface area contributed by atoms with Gasteiger partial charge in [0, 0.05) is 26.5 Å². The van der Waals surface area contributed by atoms with Crippen molar-refractivity contribution in [1.82, 2.24) is 4.98 Å². The molecule has 1 unspecified atom stereocenters. The number of benzene rings is 2. The fourth-order valence-corrected chi connectivity index (χ4v) is 4.35. The minimum Gasteiger partial charge on any atom is -0.465 e. The average molecular weight is 527 g/mol. The van der Waals surface area contributed by atoms with Gasteiger partial charge in [0.1, 0.15) is 0 Å². The number of carbonyl (C=O) groups excluding carboxylic acids is 3. The number of amides is 2. The Morgan fingerprint density at radius 2 is 1.71 bits per heavy atom. The van der Waals surface area contributed by atoms with E-state index < -0.39 is 23.9 Å². The number of imide groups is 1. The normalized spacial score (nSPS) is 15.3. The third-order valence-corrected chi connectivity index (χ3v) is 5.98. The molecule has 4 rings (SSSR count). The number of nitrogens with zero attached hydrogens (tertiary/aromatic N) is 1. The predicted molar refractivity (Wildman–Crippen MR) is 134 cm³/mol. The van der Waals surface area contributed by atoms with Crippen molar-refractivity contribution in [3.63, 3.8) is 0 Å². The SMILES string of the molecule is CC(C)COC(=O)C1C(=O)N(C(=O)OCC(C)C)c2ccccc2-c2[nH]c3ccc(Br)cc3c21. The molecular formula is C26H27BrN2O5. The minimum atomic E-state index is -1.34. The molecule has 0 fully saturated rings. The first-order valence-corrected chi connectivity index (χ1v) is 12.1. The van der Waals surface area contributed by atoms with Gasteiger partial charge in [-0.05, 0) is 36.1 Å². The summed E-state index contributed by atoms with van der Waals surface area (Å²) in [5.41, 5.74) is 2.84. The highest BCUT2D eigenvalue weighted by atomic mass is 79.9. The van der Waals surface area contributed by atoms with Gasteiger partial charge in [-0.2, -0.15) is 0 Å². The Labute approximate surface area is 206 Å². The summed E-state index contributed by atoms with van der Waals surface area (Å²) >= 11 is 3.49. The monoisotopic (exact) mass is 526 g/mol. The predicted octanol–water partition coefficient (Wildman–Crippen LogP) is 6.02. The summed E-state index contributed by atoms with van der Waals surface area (Å²) in [5, 5.41) is 0.705. The van der Waals surface area contributed by atoms with Gasteiger partial charge in [0.25, 0.3) is 5.91 Å². The van der Waals surface area contributed by atoms with E-state index in [1.54, 1.807) is 12.1 Å². The van der Waals surface area contributed by atoms with Crippen LogP contribution in [0.4, 0.5) is 10.5 Å². The molecular weight excluding hydrogens is 500 g/mol. The first kappa shape index (κ1) is 24.0. The Bertz CT molecular complexity index is 1260. The van der Waals surface area contributed by atoms with Gasteiger partial charge in [0.05, 0.1) is 24.6 Å². The van der Waals surface area contributed by atoms with E-state index in [0.717, 1.165) is 14.9 Å². The number of anilines is 1. The second-order valence-electron chi connectivity index (χ2n) is 9.22. The summed E-state index contributed by atoms with van der Waals surface area (Å²) in [6, 6.07) is 12.7. The molecule has 0 saturated heterocycles. The highest BCUT2D eigenvalue weighted by molar-refractivity contribution is 9.10. The summed E-state index contributed by atoms with van der Waals surface area (Å²) in [4.78, 5) is 44.9. The molecule has 1 N–H and O–H groups in total. The number of hydrogen-bond acceptors (Lipinski definition) is 5. The van der Waals surface area contributed by atoms with Crippen LogP contribution in [-0.4, -0.2) is 36.2 Å². The van der Waals surface area contributed by atoms with Crippen LogP contribution in [0.3, 0.4) is 0 Å². The molecule has 178 valence electrons. The van der Waals surface area contributed by atoms with E-state index in [9.17, 15) is 14.4 Å². The highest BCUT2D eigenvalue weighted by Crippen LogP contribution is 2.45. The summed E-state index contributed by atoms with van der Waals surface area (Å²) in [7, 11) is 0. The quantitative estimate of drug-likeness (QED) is 0.324. The van der Waals surface area contributed by atoms with Gasteiger partial charge in [0.15, 0.2) is 5.92 Å². The summed E-state index contributed by atoms with van der Waals surface area (Å²) < 4.78 is 11.8. The molecule has 34 heavy (non-hydrogen) atoms. The number of para-hydroxylation sites is 1. The minimum absolute atomic E-state index is 0.0853. The zero-order valence-corrected chi connectivity index (χ0v) is 21.1. The van der Waals surface area contributed by atoms with E-state index in [1.165, 1.54) is 0 Å². The average Bonchev–Trinajstić information content (AvgIpc) is 3.10. The lowest BCUT2D eigenvalue weighted by Gasteiger charge is -2.24. The van der Waals surface area contributed by atoms with Crippen LogP contribution in [0, 0.1) is 11.8 Å².